The summed E-state index contributed by atoms with van der Waals surface area (Å²) in [5.74, 6) is 0.658. The summed E-state index contributed by atoms with van der Waals surface area (Å²) in [6.07, 6.45) is 2.44. The second kappa shape index (κ2) is 3.17. The van der Waals surface area contributed by atoms with E-state index in [0.717, 1.165) is 18.6 Å². The van der Waals surface area contributed by atoms with Crippen LogP contribution in [0.3, 0.4) is 0 Å². The van der Waals surface area contributed by atoms with Crippen LogP contribution >= 0.6 is 0 Å². The Bertz CT molecular complexity index is 375. The zero-order valence-electron chi connectivity index (χ0n) is 7.41. The van der Waals surface area contributed by atoms with Crippen LogP contribution in [0.5, 0.6) is 0 Å². The Kier molecular flexibility index (Phi) is 2.00. The number of nitrogens with zero attached hydrogens (tertiary/aromatic N) is 2. The first kappa shape index (κ1) is 8.23. The number of carbonyl (C=O) groups excluding carboxylic acids is 1. The average molecular weight is 178 g/mol. The van der Waals surface area contributed by atoms with Crippen molar-refractivity contribution in [2.24, 2.45) is 12.0 Å². The number of hydrogen-bond acceptors (Lipinski definition) is 3. The lowest BCUT2D eigenvalue weighted by atomic mass is 10.2. The monoisotopic (exact) mass is 178 g/mol. The van der Waals surface area contributed by atoms with Gasteiger partial charge in [-0.25, -0.2) is 4.79 Å². The fourth-order valence-electron chi connectivity index (χ4n) is 1.65. The fourth-order valence-corrected chi connectivity index (χ4v) is 1.65. The summed E-state index contributed by atoms with van der Waals surface area (Å²) in [6.45, 7) is 1.37. The van der Waals surface area contributed by atoms with E-state index in [4.69, 9.17) is 4.74 Å². The van der Waals surface area contributed by atoms with Gasteiger partial charge in [0.2, 0.25) is 6.08 Å². The average Bonchev–Trinajstić information content (AvgIpc) is 2.46. The predicted octanol–water partition coefficient (Wildman–Crippen LogP) is 1.07. The maximum atomic E-state index is 10.1. The summed E-state index contributed by atoms with van der Waals surface area (Å²) in [5, 5.41) is 0. The molecule has 0 radical (unpaired) electrons. The summed E-state index contributed by atoms with van der Waals surface area (Å²) in [5.41, 5.74) is 2.34. The third kappa shape index (κ3) is 1.30. The highest BCUT2D eigenvalue weighted by atomic mass is 16.5. The molecule has 1 aromatic rings. The lowest BCUT2D eigenvalue weighted by molar-refractivity contribution is 0.109. The van der Waals surface area contributed by atoms with Gasteiger partial charge in [0.25, 0.3) is 0 Å². The summed E-state index contributed by atoms with van der Waals surface area (Å²) >= 11 is 0. The summed E-state index contributed by atoms with van der Waals surface area (Å²) < 4.78 is 7.21. The lowest BCUT2D eigenvalue weighted by Gasteiger charge is -2.13. The van der Waals surface area contributed by atoms with Crippen LogP contribution in [0.4, 0.5) is 5.82 Å². The zero-order chi connectivity index (χ0) is 9.26. The van der Waals surface area contributed by atoms with Crippen molar-refractivity contribution in [3.63, 3.8) is 0 Å². The number of ether oxygens (including phenoxy) is 1. The molecule has 0 aliphatic carbocycles. The van der Waals surface area contributed by atoms with E-state index >= 15 is 0 Å². The second-order valence-electron chi connectivity index (χ2n) is 3.04. The van der Waals surface area contributed by atoms with E-state index in [0.29, 0.717) is 12.4 Å². The fraction of sp³-hybridized carbons (Fsp3) is 0.444. The van der Waals surface area contributed by atoms with Gasteiger partial charge >= 0.3 is 0 Å². The van der Waals surface area contributed by atoms with Gasteiger partial charge < -0.3 is 9.30 Å². The van der Waals surface area contributed by atoms with Gasteiger partial charge in [-0.2, -0.15) is 0 Å². The largest absolute Gasteiger partial charge is 0.376 e. The van der Waals surface area contributed by atoms with Crippen molar-refractivity contribution >= 4 is 11.9 Å². The molecule has 0 amide bonds. The lowest BCUT2D eigenvalue weighted by Crippen LogP contribution is -2.11. The van der Waals surface area contributed by atoms with Gasteiger partial charge in [0.1, 0.15) is 5.82 Å². The molecule has 1 aromatic heterocycles. The van der Waals surface area contributed by atoms with Gasteiger partial charge in [0.05, 0.1) is 13.2 Å². The normalized spacial score (nSPS) is 14.8. The molecule has 4 heteroatoms. The number of fused-ring (bicyclic) bond motifs is 1. The Hall–Kier alpha value is -1.38. The van der Waals surface area contributed by atoms with E-state index in [1.54, 1.807) is 6.08 Å². The molecule has 1 aliphatic heterocycles. The molecule has 2 rings (SSSR count). The van der Waals surface area contributed by atoms with E-state index < -0.39 is 0 Å². The smallest absolute Gasteiger partial charge is 0.242 e. The van der Waals surface area contributed by atoms with Crippen LogP contribution in [0, 0.1) is 0 Å². The topological polar surface area (TPSA) is 43.6 Å². The number of aromatic nitrogens is 1. The molecule has 0 unspecified atom stereocenters. The Morgan fingerprint density at radius 1 is 1.69 bits per heavy atom. The minimum atomic E-state index is 0.623. The number of rotatable bonds is 1. The molecular formula is C9H10N2O2. The van der Waals surface area contributed by atoms with E-state index in [2.05, 4.69) is 4.99 Å². The number of aliphatic imine (C=N–C) groups is 1. The molecule has 13 heavy (non-hydrogen) atoms. The van der Waals surface area contributed by atoms with Crippen LogP contribution in [-0.2, 0) is 29.6 Å². The Labute approximate surface area is 75.8 Å². The van der Waals surface area contributed by atoms with Gasteiger partial charge in [-0.1, -0.05) is 0 Å². The molecule has 0 saturated heterocycles. The third-order valence-electron chi connectivity index (χ3n) is 2.32. The molecule has 0 atom stereocenters. The van der Waals surface area contributed by atoms with Crippen molar-refractivity contribution in [1.82, 2.24) is 4.57 Å². The van der Waals surface area contributed by atoms with Gasteiger partial charge in [-0.05, 0) is 6.07 Å². The minimum Gasteiger partial charge on any atom is -0.376 e. The maximum Gasteiger partial charge on any atom is 0.242 e. The van der Waals surface area contributed by atoms with Gasteiger partial charge in [0, 0.05) is 24.7 Å². The highest BCUT2D eigenvalue weighted by molar-refractivity contribution is 5.49. The quantitative estimate of drug-likeness (QED) is 0.476. The van der Waals surface area contributed by atoms with Crippen molar-refractivity contribution in [1.29, 1.82) is 0 Å². The molecule has 68 valence electrons. The number of hydrogen-bond donors (Lipinski definition) is 0. The maximum absolute atomic E-state index is 10.1. The summed E-state index contributed by atoms with van der Waals surface area (Å²) in [7, 11) is 1.90. The summed E-state index contributed by atoms with van der Waals surface area (Å²) in [4.78, 5) is 13.7. The molecule has 0 N–H and O–H groups in total. The van der Waals surface area contributed by atoms with Crippen molar-refractivity contribution in [3.8, 4) is 0 Å². The minimum absolute atomic E-state index is 0.623. The molecule has 0 saturated carbocycles. The Morgan fingerprint density at radius 3 is 3.23 bits per heavy atom. The molecule has 0 bridgehead atoms. The van der Waals surface area contributed by atoms with E-state index in [1.165, 1.54) is 5.69 Å². The standard InChI is InChI=1S/C9H10N2O2/c1-11-8-2-3-13-5-7(8)4-9(11)10-6-12/h4H,2-3,5H2,1H3. The van der Waals surface area contributed by atoms with Crippen molar-refractivity contribution in [3.05, 3.63) is 17.3 Å². The molecule has 0 aromatic carbocycles. The third-order valence-corrected chi connectivity index (χ3v) is 2.32. The molecule has 0 spiro atoms. The van der Waals surface area contributed by atoms with Crippen LogP contribution in [0.15, 0.2) is 11.1 Å². The zero-order valence-corrected chi connectivity index (χ0v) is 7.41. The summed E-state index contributed by atoms with van der Waals surface area (Å²) in [6, 6.07) is 1.87. The molecule has 1 aliphatic rings. The first-order valence-corrected chi connectivity index (χ1v) is 4.16. The van der Waals surface area contributed by atoms with Gasteiger partial charge in [-0.15, -0.1) is 4.99 Å². The number of isocyanates is 1. The molecule has 4 nitrogen and oxygen atoms in total. The van der Waals surface area contributed by atoms with Crippen molar-refractivity contribution < 1.29 is 9.53 Å². The molecular weight excluding hydrogens is 168 g/mol. The van der Waals surface area contributed by atoms with Crippen LogP contribution in [0.1, 0.15) is 11.3 Å². The first-order valence-electron chi connectivity index (χ1n) is 4.16. The van der Waals surface area contributed by atoms with Crippen LogP contribution in [0.25, 0.3) is 0 Å². The molecule has 2 heterocycles. The van der Waals surface area contributed by atoms with Gasteiger partial charge in [-0.3, -0.25) is 0 Å². The van der Waals surface area contributed by atoms with Gasteiger partial charge in [0.15, 0.2) is 0 Å². The highest BCUT2D eigenvalue weighted by Crippen LogP contribution is 2.25. The highest BCUT2D eigenvalue weighted by Gasteiger charge is 2.15. The van der Waals surface area contributed by atoms with E-state index in [1.807, 2.05) is 17.7 Å². The van der Waals surface area contributed by atoms with E-state index in [9.17, 15) is 4.79 Å². The van der Waals surface area contributed by atoms with Crippen LogP contribution < -0.4 is 0 Å². The van der Waals surface area contributed by atoms with Crippen molar-refractivity contribution in [2.75, 3.05) is 6.61 Å². The molecule has 0 fully saturated rings. The van der Waals surface area contributed by atoms with Crippen LogP contribution in [-0.4, -0.2) is 17.3 Å². The Balaban J connectivity index is 2.50. The Morgan fingerprint density at radius 2 is 2.54 bits per heavy atom. The van der Waals surface area contributed by atoms with Crippen LogP contribution in [0.2, 0.25) is 0 Å². The SMILES string of the molecule is Cn1c(N=C=O)cc2c1CCOC2. The predicted molar refractivity (Wildman–Crippen MR) is 46.6 cm³/mol. The van der Waals surface area contributed by atoms with E-state index in [-0.39, 0.29) is 0 Å². The second-order valence-corrected chi connectivity index (χ2v) is 3.04. The first-order chi connectivity index (χ1) is 6.33. The van der Waals surface area contributed by atoms with Crippen molar-refractivity contribution in [2.45, 2.75) is 13.0 Å².